The van der Waals surface area contributed by atoms with Gasteiger partial charge >= 0.3 is 0 Å². The Morgan fingerprint density at radius 1 is 1.20 bits per heavy atom. The summed E-state index contributed by atoms with van der Waals surface area (Å²) in [5, 5.41) is 0. The van der Waals surface area contributed by atoms with E-state index in [0.717, 1.165) is 25.7 Å². The molecule has 0 aromatic heterocycles. The normalized spacial score (nSPS) is 14.1. The predicted molar refractivity (Wildman–Crippen MR) is 62.1 cm³/mol. The Kier molecular flexibility index (Phi) is 8.00. The summed E-state index contributed by atoms with van der Waals surface area (Å²) in [4.78, 5) is 0. The number of unbranched alkanes of at least 4 members (excludes halogenated alkanes) is 2. The molecule has 0 aromatic rings. The third kappa shape index (κ3) is 7.76. The molecule has 0 radical (unpaired) electrons. The number of hydrogen-bond acceptors (Lipinski definition) is 4. The fourth-order valence-corrected chi connectivity index (χ4v) is 2.54. The van der Waals surface area contributed by atoms with Crippen molar-refractivity contribution in [3.05, 3.63) is 0 Å². The van der Waals surface area contributed by atoms with Crippen LogP contribution in [0.3, 0.4) is 0 Å². The van der Waals surface area contributed by atoms with E-state index < -0.39 is 10.1 Å². The Labute approximate surface area is 93.3 Å². The summed E-state index contributed by atoms with van der Waals surface area (Å²) in [6.07, 6.45) is 3.85. The van der Waals surface area contributed by atoms with Crippen molar-refractivity contribution < 1.29 is 12.6 Å². The zero-order chi connectivity index (χ0) is 11.7. The predicted octanol–water partition coefficient (Wildman–Crippen LogP) is 1.65. The Morgan fingerprint density at radius 3 is 2.27 bits per heavy atom. The highest BCUT2D eigenvalue weighted by Crippen LogP contribution is 2.09. The molecular formula is C10H23NO3S. The van der Waals surface area contributed by atoms with Crippen LogP contribution in [0.2, 0.25) is 0 Å². The van der Waals surface area contributed by atoms with E-state index in [1.54, 1.807) is 0 Å². The monoisotopic (exact) mass is 237 g/mol. The van der Waals surface area contributed by atoms with Crippen molar-refractivity contribution in [2.75, 3.05) is 12.3 Å². The maximum absolute atomic E-state index is 11.4. The molecule has 2 N–H and O–H groups in total. The molecule has 0 saturated carbocycles. The van der Waals surface area contributed by atoms with Gasteiger partial charge in [-0.25, -0.2) is 0 Å². The van der Waals surface area contributed by atoms with Crippen molar-refractivity contribution >= 4 is 10.1 Å². The minimum absolute atomic E-state index is 0.103. The largest absolute Gasteiger partial charge is 0.328 e. The number of hydrogen-bond donors (Lipinski definition) is 1. The average molecular weight is 237 g/mol. The molecule has 0 aliphatic heterocycles. The molecule has 0 aliphatic carbocycles. The van der Waals surface area contributed by atoms with Crippen molar-refractivity contribution in [1.82, 2.24) is 0 Å². The van der Waals surface area contributed by atoms with Crippen LogP contribution in [-0.2, 0) is 14.3 Å². The maximum atomic E-state index is 11.4. The van der Waals surface area contributed by atoms with Gasteiger partial charge in [0.15, 0.2) is 0 Å². The highest BCUT2D eigenvalue weighted by Gasteiger charge is 2.17. The molecule has 0 rings (SSSR count). The molecule has 0 heterocycles. The van der Waals surface area contributed by atoms with Gasteiger partial charge in [-0.1, -0.05) is 33.1 Å². The topological polar surface area (TPSA) is 69.4 Å². The summed E-state index contributed by atoms with van der Waals surface area (Å²) >= 11 is 0. The van der Waals surface area contributed by atoms with Crippen LogP contribution in [-0.4, -0.2) is 26.8 Å². The van der Waals surface area contributed by atoms with Crippen LogP contribution in [0.4, 0.5) is 0 Å². The van der Waals surface area contributed by atoms with E-state index in [1.807, 2.05) is 6.92 Å². The third-order valence-corrected chi connectivity index (χ3v) is 3.53. The van der Waals surface area contributed by atoms with E-state index in [0.29, 0.717) is 6.42 Å². The molecule has 1 atom stereocenters. The summed E-state index contributed by atoms with van der Waals surface area (Å²) in [6, 6.07) is 0. The van der Waals surface area contributed by atoms with Crippen LogP contribution in [0.5, 0.6) is 0 Å². The summed E-state index contributed by atoms with van der Waals surface area (Å²) in [7, 11) is -3.37. The van der Waals surface area contributed by atoms with Crippen molar-refractivity contribution in [1.29, 1.82) is 0 Å². The second-order valence-corrected chi connectivity index (χ2v) is 5.43. The van der Waals surface area contributed by atoms with Crippen LogP contribution < -0.4 is 5.73 Å². The minimum Gasteiger partial charge on any atom is -0.328 e. The molecule has 0 bridgehead atoms. The van der Waals surface area contributed by atoms with Gasteiger partial charge < -0.3 is 5.73 Å². The summed E-state index contributed by atoms with van der Waals surface area (Å²) in [6.45, 7) is 4.28. The molecule has 0 aromatic carbocycles. The molecule has 1 unspecified atom stereocenters. The van der Waals surface area contributed by atoms with Gasteiger partial charge in [0.1, 0.15) is 0 Å². The highest BCUT2D eigenvalue weighted by atomic mass is 32.2. The van der Waals surface area contributed by atoms with Gasteiger partial charge in [0.2, 0.25) is 0 Å². The Bertz CT molecular complexity index is 239. The summed E-state index contributed by atoms with van der Waals surface area (Å²) in [5.41, 5.74) is 5.46. The minimum atomic E-state index is -3.37. The molecule has 0 aliphatic rings. The standard InChI is InChI=1S/C10H23NO3S/c1-3-5-7-10(9-11)14-15(12,13)8-6-4-2/h10H,3-9,11H2,1-2H3. The van der Waals surface area contributed by atoms with Crippen LogP contribution in [0.1, 0.15) is 46.0 Å². The molecule has 15 heavy (non-hydrogen) atoms. The lowest BCUT2D eigenvalue weighted by Crippen LogP contribution is -2.28. The van der Waals surface area contributed by atoms with Crippen molar-refractivity contribution in [3.8, 4) is 0 Å². The van der Waals surface area contributed by atoms with E-state index in [1.165, 1.54) is 0 Å². The average Bonchev–Trinajstić information content (AvgIpc) is 2.21. The van der Waals surface area contributed by atoms with Gasteiger partial charge in [0.25, 0.3) is 10.1 Å². The van der Waals surface area contributed by atoms with Gasteiger partial charge in [-0.3, -0.25) is 4.18 Å². The molecule has 0 spiro atoms. The zero-order valence-corrected chi connectivity index (χ0v) is 10.6. The van der Waals surface area contributed by atoms with Crippen LogP contribution in [0.25, 0.3) is 0 Å². The van der Waals surface area contributed by atoms with E-state index in [2.05, 4.69) is 6.92 Å². The van der Waals surface area contributed by atoms with Gasteiger partial charge in [0.05, 0.1) is 11.9 Å². The first-order chi connectivity index (χ1) is 7.05. The summed E-state index contributed by atoms with van der Waals surface area (Å²) < 4.78 is 27.9. The van der Waals surface area contributed by atoms with E-state index in [4.69, 9.17) is 9.92 Å². The second-order valence-electron chi connectivity index (χ2n) is 3.71. The van der Waals surface area contributed by atoms with E-state index in [-0.39, 0.29) is 18.4 Å². The Hall–Kier alpha value is -0.130. The first-order valence-electron chi connectivity index (χ1n) is 5.66. The van der Waals surface area contributed by atoms with Crippen LogP contribution in [0.15, 0.2) is 0 Å². The lowest BCUT2D eigenvalue weighted by Gasteiger charge is -2.14. The molecular weight excluding hydrogens is 214 g/mol. The fraction of sp³-hybridized carbons (Fsp3) is 1.00. The van der Waals surface area contributed by atoms with Crippen molar-refractivity contribution in [3.63, 3.8) is 0 Å². The quantitative estimate of drug-likeness (QED) is 0.619. The molecule has 92 valence electrons. The number of nitrogens with two attached hydrogens (primary N) is 1. The molecule has 5 heteroatoms. The Balaban J connectivity index is 4.03. The van der Waals surface area contributed by atoms with E-state index in [9.17, 15) is 8.42 Å². The van der Waals surface area contributed by atoms with Crippen LogP contribution >= 0.6 is 0 Å². The van der Waals surface area contributed by atoms with Gasteiger partial charge in [-0.05, 0) is 12.8 Å². The van der Waals surface area contributed by atoms with E-state index >= 15 is 0 Å². The van der Waals surface area contributed by atoms with Crippen molar-refractivity contribution in [2.24, 2.45) is 5.73 Å². The molecule has 0 saturated heterocycles. The molecule has 0 amide bonds. The lowest BCUT2D eigenvalue weighted by molar-refractivity contribution is 0.203. The zero-order valence-electron chi connectivity index (χ0n) is 9.74. The Morgan fingerprint density at radius 2 is 1.80 bits per heavy atom. The smallest absolute Gasteiger partial charge is 0.267 e. The van der Waals surface area contributed by atoms with Gasteiger partial charge in [-0.15, -0.1) is 0 Å². The fourth-order valence-electron chi connectivity index (χ4n) is 1.21. The highest BCUT2D eigenvalue weighted by molar-refractivity contribution is 7.86. The second kappa shape index (κ2) is 8.07. The molecule has 4 nitrogen and oxygen atoms in total. The SMILES string of the molecule is CCCCC(CN)OS(=O)(=O)CCCC. The lowest BCUT2D eigenvalue weighted by atomic mass is 10.2. The maximum Gasteiger partial charge on any atom is 0.267 e. The first-order valence-corrected chi connectivity index (χ1v) is 7.24. The number of rotatable bonds is 9. The van der Waals surface area contributed by atoms with Gasteiger partial charge in [0, 0.05) is 6.54 Å². The third-order valence-electron chi connectivity index (χ3n) is 2.17. The van der Waals surface area contributed by atoms with Crippen LogP contribution in [0, 0.1) is 0 Å². The van der Waals surface area contributed by atoms with Crippen molar-refractivity contribution in [2.45, 2.75) is 52.1 Å². The summed E-state index contributed by atoms with van der Waals surface area (Å²) in [5.74, 6) is 0.103. The van der Waals surface area contributed by atoms with Gasteiger partial charge in [-0.2, -0.15) is 8.42 Å². The molecule has 0 fully saturated rings. The first kappa shape index (κ1) is 14.9.